The van der Waals surface area contributed by atoms with E-state index in [1.807, 2.05) is 47.4 Å². The highest BCUT2D eigenvalue weighted by Gasteiger charge is 2.43. The average Bonchev–Trinajstić information content (AvgIpc) is 3.10. The fourth-order valence-corrected chi connectivity index (χ4v) is 7.34. The van der Waals surface area contributed by atoms with Gasteiger partial charge in [-0.05, 0) is 25.5 Å². The zero-order valence-electron chi connectivity index (χ0n) is 16.1. The lowest BCUT2D eigenvalue weighted by atomic mass is 9.86. The second kappa shape index (κ2) is 6.93. The van der Waals surface area contributed by atoms with Gasteiger partial charge in [-0.2, -0.15) is 0 Å². The normalized spacial score (nSPS) is 16.1. The molecule has 3 aromatic rings. The molecule has 3 heterocycles. The van der Waals surface area contributed by atoms with Crippen molar-refractivity contribution in [1.82, 2.24) is 0 Å². The molecule has 2 aromatic carbocycles. The number of fused-ring (bicyclic) bond motifs is 4. The summed E-state index contributed by atoms with van der Waals surface area (Å²) in [5.74, 6) is 1.44. The number of hydrogen-bond acceptors (Lipinski definition) is 6. The molecule has 1 amide bonds. The monoisotopic (exact) mass is 441 g/mol. The lowest BCUT2D eigenvalue weighted by Gasteiger charge is -2.43. The lowest BCUT2D eigenvalue weighted by Crippen LogP contribution is -2.48. The number of benzene rings is 2. The Morgan fingerprint density at radius 3 is 2.52 bits per heavy atom. The van der Waals surface area contributed by atoms with E-state index in [1.54, 1.807) is 20.7 Å². The smallest absolute Gasteiger partial charge is 0.232 e. The lowest BCUT2D eigenvalue weighted by molar-refractivity contribution is -0.119. The van der Waals surface area contributed by atoms with Gasteiger partial charge < -0.3 is 14.4 Å². The third-order valence-corrected chi connectivity index (χ3v) is 8.69. The summed E-state index contributed by atoms with van der Waals surface area (Å²) in [5.41, 5.74) is 3.33. The summed E-state index contributed by atoms with van der Waals surface area (Å²) in [5, 5.41) is 0. The molecule has 0 fully saturated rings. The Balaban J connectivity index is 1.69. The van der Waals surface area contributed by atoms with Crippen molar-refractivity contribution in [1.29, 1.82) is 0 Å². The van der Waals surface area contributed by atoms with Crippen LogP contribution < -0.4 is 14.4 Å². The van der Waals surface area contributed by atoms with Crippen LogP contribution in [0.15, 0.2) is 42.5 Å². The van der Waals surface area contributed by atoms with Crippen LogP contribution in [0, 0.1) is 3.82 Å². The first-order chi connectivity index (χ1) is 14.0. The minimum Gasteiger partial charge on any atom is -0.486 e. The minimum absolute atomic E-state index is 0.0501. The molecule has 2 aliphatic rings. The SMILES string of the molecule is CC1(C)c2ssc(=S)c2-c2cc3c(cc2N1C(=O)Cc1ccccc1)OCCO3. The molecule has 5 rings (SSSR count). The third-order valence-electron chi connectivity index (χ3n) is 5.36. The van der Waals surface area contributed by atoms with Gasteiger partial charge in [0.05, 0.1) is 22.5 Å². The Labute approximate surface area is 181 Å². The number of anilines is 1. The maximum absolute atomic E-state index is 13.6. The molecule has 1 aromatic heterocycles. The van der Waals surface area contributed by atoms with E-state index in [1.165, 1.54) is 0 Å². The van der Waals surface area contributed by atoms with E-state index in [0.29, 0.717) is 31.1 Å². The maximum Gasteiger partial charge on any atom is 0.232 e. The van der Waals surface area contributed by atoms with Crippen molar-refractivity contribution in [2.75, 3.05) is 18.1 Å². The zero-order valence-corrected chi connectivity index (χ0v) is 18.5. The average molecular weight is 442 g/mol. The molecule has 0 atom stereocenters. The highest BCUT2D eigenvalue weighted by atomic mass is 32.9. The Morgan fingerprint density at radius 1 is 1.10 bits per heavy atom. The largest absolute Gasteiger partial charge is 0.486 e. The van der Waals surface area contributed by atoms with Crippen LogP contribution in [0.5, 0.6) is 11.5 Å². The van der Waals surface area contributed by atoms with Crippen molar-refractivity contribution in [3.05, 3.63) is 56.7 Å². The van der Waals surface area contributed by atoms with E-state index >= 15 is 0 Å². The molecule has 0 saturated carbocycles. The molecular formula is C22H19NO3S3. The summed E-state index contributed by atoms with van der Waals surface area (Å²) in [6, 6.07) is 13.8. The summed E-state index contributed by atoms with van der Waals surface area (Å²) in [6.07, 6.45) is 0.336. The first-order valence-electron chi connectivity index (χ1n) is 9.41. The van der Waals surface area contributed by atoms with Gasteiger partial charge in [-0.3, -0.25) is 4.79 Å². The molecule has 0 unspecified atom stereocenters. The van der Waals surface area contributed by atoms with Gasteiger partial charge in [0.15, 0.2) is 11.5 Å². The van der Waals surface area contributed by atoms with Crippen LogP contribution in [0.3, 0.4) is 0 Å². The number of carbonyl (C=O) groups excluding carboxylic acids is 1. The van der Waals surface area contributed by atoms with Gasteiger partial charge in [-0.25, -0.2) is 0 Å². The Morgan fingerprint density at radius 2 is 1.79 bits per heavy atom. The fourth-order valence-electron chi connectivity index (χ4n) is 4.06. The van der Waals surface area contributed by atoms with Crippen molar-refractivity contribution in [2.45, 2.75) is 25.8 Å². The molecule has 0 saturated heterocycles. The van der Waals surface area contributed by atoms with E-state index in [2.05, 4.69) is 13.8 Å². The van der Waals surface area contributed by atoms with Crippen LogP contribution in [-0.2, 0) is 16.8 Å². The van der Waals surface area contributed by atoms with E-state index in [-0.39, 0.29) is 5.91 Å². The topological polar surface area (TPSA) is 38.8 Å². The van der Waals surface area contributed by atoms with Crippen molar-refractivity contribution in [3.63, 3.8) is 0 Å². The molecule has 2 aliphatic heterocycles. The summed E-state index contributed by atoms with van der Waals surface area (Å²) >= 11 is 5.67. The van der Waals surface area contributed by atoms with Crippen molar-refractivity contribution >= 4 is 44.5 Å². The van der Waals surface area contributed by atoms with Gasteiger partial charge in [0.1, 0.15) is 17.0 Å². The van der Waals surface area contributed by atoms with Crippen LogP contribution >= 0.6 is 32.9 Å². The van der Waals surface area contributed by atoms with Gasteiger partial charge in [0.2, 0.25) is 5.91 Å². The molecule has 148 valence electrons. The molecule has 4 nitrogen and oxygen atoms in total. The van der Waals surface area contributed by atoms with Crippen molar-refractivity contribution in [2.24, 2.45) is 0 Å². The summed E-state index contributed by atoms with van der Waals surface area (Å²) < 4.78 is 12.5. The van der Waals surface area contributed by atoms with Crippen molar-refractivity contribution < 1.29 is 14.3 Å². The van der Waals surface area contributed by atoms with E-state index in [9.17, 15) is 4.79 Å². The van der Waals surface area contributed by atoms with Gasteiger partial charge in [-0.15, -0.1) is 0 Å². The van der Waals surface area contributed by atoms with Crippen LogP contribution in [0.4, 0.5) is 5.69 Å². The number of carbonyl (C=O) groups is 1. The predicted molar refractivity (Wildman–Crippen MR) is 120 cm³/mol. The van der Waals surface area contributed by atoms with Gasteiger partial charge in [0, 0.05) is 17.2 Å². The standard InChI is InChI=1S/C22H19NO3S3/c1-22(2)20-19(21(27)29-28-20)14-11-16-17(26-9-8-25-16)12-15(14)23(22)18(24)10-13-6-4-3-5-7-13/h3-7,11-12H,8-10H2,1-2H3. The number of hydrogen-bond donors (Lipinski definition) is 0. The van der Waals surface area contributed by atoms with Gasteiger partial charge in [0.25, 0.3) is 0 Å². The van der Waals surface area contributed by atoms with Crippen molar-refractivity contribution in [3.8, 4) is 22.6 Å². The van der Waals surface area contributed by atoms with E-state index < -0.39 is 5.54 Å². The van der Waals surface area contributed by atoms with Crippen LogP contribution in [0.1, 0.15) is 24.3 Å². The highest BCUT2D eigenvalue weighted by molar-refractivity contribution is 7.80. The molecule has 0 spiro atoms. The summed E-state index contributed by atoms with van der Waals surface area (Å²) in [4.78, 5) is 16.6. The van der Waals surface area contributed by atoms with E-state index in [4.69, 9.17) is 21.7 Å². The number of rotatable bonds is 2. The molecule has 0 aliphatic carbocycles. The second-order valence-corrected chi connectivity index (χ2v) is 10.4. The number of amides is 1. The van der Waals surface area contributed by atoms with Gasteiger partial charge >= 0.3 is 0 Å². The minimum atomic E-state index is -0.504. The third kappa shape index (κ3) is 2.99. The number of ether oxygens (including phenoxy) is 2. The molecule has 29 heavy (non-hydrogen) atoms. The Kier molecular flexibility index (Phi) is 4.49. The molecular weight excluding hydrogens is 422 g/mol. The Bertz CT molecular complexity index is 1160. The van der Waals surface area contributed by atoms with Crippen LogP contribution in [0.2, 0.25) is 0 Å². The maximum atomic E-state index is 13.6. The molecule has 0 N–H and O–H groups in total. The summed E-state index contributed by atoms with van der Waals surface area (Å²) in [6.45, 7) is 5.21. The summed E-state index contributed by atoms with van der Waals surface area (Å²) in [7, 11) is 3.25. The van der Waals surface area contributed by atoms with E-state index in [0.717, 1.165) is 31.1 Å². The predicted octanol–water partition coefficient (Wildman–Crippen LogP) is 5.80. The molecule has 7 heteroatoms. The number of nitrogens with zero attached hydrogens (tertiary/aromatic N) is 1. The van der Waals surface area contributed by atoms with Crippen LogP contribution in [-0.4, -0.2) is 19.1 Å². The Hall–Kier alpha value is -2.22. The molecule has 0 radical (unpaired) electrons. The first-order valence-corrected chi connectivity index (χ1v) is 12.0. The fraction of sp³-hybridized carbons (Fsp3) is 0.273. The highest BCUT2D eigenvalue weighted by Crippen LogP contribution is 2.54. The van der Waals surface area contributed by atoms with Crippen LogP contribution in [0.25, 0.3) is 11.1 Å². The molecule has 0 bridgehead atoms. The zero-order chi connectivity index (χ0) is 20.2. The quantitative estimate of drug-likeness (QED) is 0.372. The van der Waals surface area contributed by atoms with Gasteiger partial charge in [-0.1, -0.05) is 63.2 Å². The first kappa shape index (κ1) is 18.8. The second-order valence-electron chi connectivity index (χ2n) is 7.62.